The SMILES string of the molecule is CC(C)(C)CCc1nc(=S)nc(N)[nH]1. The van der Waals surface area contributed by atoms with E-state index in [2.05, 4.69) is 35.7 Å². The minimum Gasteiger partial charge on any atom is -0.369 e. The number of aromatic nitrogens is 3. The van der Waals surface area contributed by atoms with Crippen molar-refractivity contribution in [1.82, 2.24) is 15.0 Å². The highest BCUT2D eigenvalue weighted by Gasteiger charge is 2.10. The summed E-state index contributed by atoms with van der Waals surface area (Å²) in [5.41, 5.74) is 5.81. The molecule has 0 aromatic carbocycles. The molecule has 1 aromatic heterocycles. The second-order valence-corrected chi connectivity index (χ2v) is 4.89. The fraction of sp³-hybridized carbons (Fsp3) is 0.667. The van der Waals surface area contributed by atoms with Crippen LogP contribution in [0.5, 0.6) is 0 Å². The van der Waals surface area contributed by atoms with E-state index < -0.39 is 0 Å². The molecule has 0 fully saturated rings. The van der Waals surface area contributed by atoms with Gasteiger partial charge >= 0.3 is 0 Å². The summed E-state index contributed by atoms with van der Waals surface area (Å²) in [6.45, 7) is 6.56. The van der Waals surface area contributed by atoms with Crippen molar-refractivity contribution in [2.75, 3.05) is 5.73 Å². The average Bonchev–Trinajstić information content (AvgIpc) is 1.97. The van der Waals surface area contributed by atoms with E-state index in [0.717, 1.165) is 18.7 Å². The van der Waals surface area contributed by atoms with Crippen molar-refractivity contribution >= 4 is 18.2 Å². The van der Waals surface area contributed by atoms with Gasteiger partial charge in [-0.05, 0) is 24.1 Å². The molecule has 5 heteroatoms. The van der Waals surface area contributed by atoms with E-state index in [9.17, 15) is 0 Å². The van der Waals surface area contributed by atoms with Crippen LogP contribution in [0.25, 0.3) is 0 Å². The summed E-state index contributed by atoms with van der Waals surface area (Å²) < 4.78 is 0.310. The lowest BCUT2D eigenvalue weighted by Crippen LogP contribution is -2.09. The normalized spacial score (nSPS) is 11.6. The molecule has 0 saturated heterocycles. The first-order chi connectivity index (χ1) is 6.37. The van der Waals surface area contributed by atoms with E-state index >= 15 is 0 Å². The minimum atomic E-state index is 0.287. The van der Waals surface area contributed by atoms with Gasteiger partial charge in [-0.3, -0.25) is 0 Å². The molecule has 78 valence electrons. The van der Waals surface area contributed by atoms with E-state index in [1.54, 1.807) is 0 Å². The molecule has 4 nitrogen and oxygen atoms in total. The number of rotatable bonds is 2. The van der Waals surface area contributed by atoms with E-state index in [4.69, 9.17) is 18.0 Å². The van der Waals surface area contributed by atoms with Gasteiger partial charge in [-0.25, -0.2) is 4.98 Å². The van der Waals surface area contributed by atoms with E-state index in [1.165, 1.54) is 0 Å². The predicted molar refractivity (Wildman–Crippen MR) is 59.4 cm³/mol. The van der Waals surface area contributed by atoms with Crippen LogP contribution >= 0.6 is 12.2 Å². The Kier molecular flexibility index (Phi) is 3.21. The largest absolute Gasteiger partial charge is 0.369 e. The highest BCUT2D eigenvalue weighted by molar-refractivity contribution is 7.71. The van der Waals surface area contributed by atoms with Gasteiger partial charge in [-0.1, -0.05) is 20.8 Å². The molecule has 0 bridgehead atoms. The van der Waals surface area contributed by atoms with Crippen molar-refractivity contribution in [3.8, 4) is 0 Å². The van der Waals surface area contributed by atoms with Crippen LogP contribution in [-0.2, 0) is 6.42 Å². The van der Waals surface area contributed by atoms with Crippen molar-refractivity contribution in [2.45, 2.75) is 33.6 Å². The van der Waals surface area contributed by atoms with Gasteiger partial charge in [0.05, 0.1) is 0 Å². The lowest BCUT2D eigenvalue weighted by Gasteiger charge is -2.17. The zero-order valence-corrected chi connectivity index (χ0v) is 9.61. The number of nitrogen functional groups attached to an aromatic ring is 1. The first-order valence-corrected chi connectivity index (χ1v) is 5.00. The maximum absolute atomic E-state index is 5.53. The standard InChI is InChI=1S/C9H16N4S/c1-9(2,3)5-4-6-11-7(10)13-8(14)12-6/h4-5H2,1-3H3,(H3,10,11,12,13,14). The third kappa shape index (κ3) is 3.83. The van der Waals surface area contributed by atoms with Crippen LogP contribution in [0.2, 0.25) is 0 Å². The number of aromatic amines is 1. The molecule has 0 aliphatic carbocycles. The molecule has 1 heterocycles. The second-order valence-electron chi connectivity index (χ2n) is 4.52. The van der Waals surface area contributed by atoms with Crippen LogP contribution < -0.4 is 5.73 Å². The minimum absolute atomic E-state index is 0.287. The molecule has 0 amide bonds. The van der Waals surface area contributed by atoms with Crippen molar-refractivity contribution in [2.24, 2.45) is 5.41 Å². The predicted octanol–water partition coefficient (Wildman–Crippen LogP) is 2.10. The third-order valence-corrected chi connectivity index (χ3v) is 2.01. The molecular weight excluding hydrogens is 196 g/mol. The molecule has 0 saturated carbocycles. The molecule has 0 atom stereocenters. The average molecular weight is 212 g/mol. The topological polar surface area (TPSA) is 67.6 Å². The maximum Gasteiger partial charge on any atom is 0.224 e. The van der Waals surface area contributed by atoms with Crippen molar-refractivity contribution in [1.29, 1.82) is 0 Å². The van der Waals surface area contributed by atoms with Crippen LogP contribution in [-0.4, -0.2) is 15.0 Å². The Morgan fingerprint density at radius 2 is 2.00 bits per heavy atom. The Labute approximate surface area is 89.0 Å². The fourth-order valence-electron chi connectivity index (χ4n) is 1.06. The van der Waals surface area contributed by atoms with Crippen LogP contribution in [0.4, 0.5) is 5.95 Å². The van der Waals surface area contributed by atoms with Crippen LogP contribution in [0.3, 0.4) is 0 Å². The molecule has 0 aliphatic rings. The molecule has 0 radical (unpaired) electrons. The van der Waals surface area contributed by atoms with Gasteiger partial charge in [-0.2, -0.15) is 4.98 Å². The first-order valence-electron chi connectivity index (χ1n) is 4.59. The van der Waals surface area contributed by atoms with Gasteiger partial charge in [0.2, 0.25) is 10.7 Å². The molecular formula is C9H16N4S. The number of nitrogens with two attached hydrogens (primary N) is 1. The number of nitrogens with one attached hydrogen (secondary N) is 1. The molecule has 3 N–H and O–H groups in total. The quantitative estimate of drug-likeness (QED) is 0.737. The second kappa shape index (κ2) is 4.04. The smallest absolute Gasteiger partial charge is 0.224 e. The van der Waals surface area contributed by atoms with Crippen molar-refractivity contribution in [3.63, 3.8) is 0 Å². The summed E-state index contributed by atoms with van der Waals surface area (Å²) in [6, 6.07) is 0. The van der Waals surface area contributed by atoms with Gasteiger partial charge in [0.15, 0.2) is 0 Å². The van der Waals surface area contributed by atoms with Gasteiger partial charge in [-0.15, -0.1) is 0 Å². The summed E-state index contributed by atoms with van der Waals surface area (Å²) in [5.74, 6) is 1.16. The number of H-pyrrole nitrogens is 1. The number of hydrogen-bond donors (Lipinski definition) is 2. The highest BCUT2D eigenvalue weighted by Crippen LogP contribution is 2.20. The highest BCUT2D eigenvalue weighted by atomic mass is 32.1. The maximum atomic E-state index is 5.53. The molecule has 0 spiro atoms. The van der Waals surface area contributed by atoms with Gasteiger partial charge in [0, 0.05) is 6.42 Å². The lowest BCUT2D eigenvalue weighted by molar-refractivity contribution is 0.374. The van der Waals surface area contributed by atoms with E-state index in [1.807, 2.05) is 0 Å². The number of nitrogens with zero attached hydrogens (tertiary/aromatic N) is 2. The zero-order chi connectivity index (χ0) is 10.8. The van der Waals surface area contributed by atoms with Crippen LogP contribution in [0.1, 0.15) is 33.0 Å². The Morgan fingerprint density at radius 3 is 2.50 bits per heavy atom. The molecule has 1 rings (SSSR count). The lowest BCUT2D eigenvalue weighted by atomic mass is 9.90. The molecule has 0 unspecified atom stereocenters. The molecule has 0 aliphatic heterocycles. The third-order valence-electron chi connectivity index (χ3n) is 1.83. The van der Waals surface area contributed by atoms with Gasteiger partial charge in [0.25, 0.3) is 0 Å². The zero-order valence-electron chi connectivity index (χ0n) is 8.79. The summed E-state index contributed by atoms with van der Waals surface area (Å²) in [7, 11) is 0. The fourth-order valence-corrected chi connectivity index (χ4v) is 1.27. The summed E-state index contributed by atoms with van der Waals surface area (Å²) >= 11 is 4.87. The number of anilines is 1. The number of aryl methyl sites for hydroxylation is 1. The Balaban J connectivity index is 2.73. The van der Waals surface area contributed by atoms with Crippen molar-refractivity contribution < 1.29 is 0 Å². The van der Waals surface area contributed by atoms with E-state index in [-0.39, 0.29) is 5.41 Å². The van der Waals surface area contributed by atoms with Crippen molar-refractivity contribution in [3.05, 3.63) is 10.6 Å². The van der Waals surface area contributed by atoms with Crippen LogP contribution in [0.15, 0.2) is 0 Å². The molecule has 1 aromatic rings. The Morgan fingerprint density at radius 1 is 1.36 bits per heavy atom. The van der Waals surface area contributed by atoms with Gasteiger partial charge in [0.1, 0.15) is 5.82 Å². The van der Waals surface area contributed by atoms with Crippen LogP contribution in [0, 0.1) is 10.2 Å². The van der Waals surface area contributed by atoms with Gasteiger partial charge < -0.3 is 10.7 Å². The monoisotopic (exact) mass is 212 g/mol. The Bertz CT molecular complexity index is 364. The molecule has 14 heavy (non-hydrogen) atoms. The number of hydrogen-bond acceptors (Lipinski definition) is 4. The summed E-state index contributed by atoms with van der Waals surface area (Å²) in [4.78, 5) is 10.8. The summed E-state index contributed by atoms with van der Waals surface area (Å²) in [6.07, 6.45) is 1.88. The van der Waals surface area contributed by atoms with E-state index in [0.29, 0.717) is 10.7 Å². The Hall–Kier alpha value is -0.970. The first kappa shape index (κ1) is 11.1. The summed E-state index contributed by atoms with van der Waals surface area (Å²) in [5, 5.41) is 0.